The van der Waals surface area contributed by atoms with Gasteiger partial charge in [0.2, 0.25) is 20.0 Å². The van der Waals surface area contributed by atoms with Crippen molar-refractivity contribution in [3.05, 3.63) is 36.4 Å². The van der Waals surface area contributed by atoms with Crippen LogP contribution in [-0.4, -0.2) is 178 Å². The highest BCUT2D eigenvalue weighted by Gasteiger charge is 2.32. The van der Waals surface area contributed by atoms with Gasteiger partial charge >= 0.3 is 11.9 Å². The minimum atomic E-state index is -4.27. The number of benzene rings is 4. The van der Waals surface area contributed by atoms with Gasteiger partial charge < -0.3 is 34.1 Å². The predicted octanol–water partition coefficient (Wildman–Crippen LogP) is 3.57. The van der Waals surface area contributed by atoms with Gasteiger partial charge in [0.1, 0.15) is 18.9 Å². The van der Waals surface area contributed by atoms with Gasteiger partial charge in [-0.2, -0.15) is 0 Å². The van der Waals surface area contributed by atoms with Crippen LogP contribution in [0.3, 0.4) is 0 Å². The Balaban J connectivity index is 1.90. The van der Waals surface area contributed by atoms with Crippen LogP contribution in [-0.2, 0) is 29.6 Å². The van der Waals surface area contributed by atoms with Crippen molar-refractivity contribution in [1.29, 1.82) is 0 Å². The zero-order valence-electron chi connectivity index (χ0n) is 34.2. The first-order valence-electron chi connectivity index (χ1n) is 18.7. The lowest BCUT2D eigenvalue weighted by atomic mass is 9.92. The number of nitrogens with zero attached hydrogens (tertiary/aromatic N) is 6. The molecule has 4 aromatic rings. The van der Waals surface area contributed by atoms with Gasteiger partial charge in [0.05, 0.1) is 43.8 Å². The van der Waals surface area contributed by atoms with Crippen LogP contribution in [0, 0.1) is 0 Å². The summed E-state index contributed by atoms with van der Waals surface area (Å²) in [6, 6.07) is 10.5. The summed E-state index contributed by atoms with van der Waals surface area (Å²) >= 11 is 0. The van der Waals surface area contributed by atoms with Crippen LogP contribution in [0.2, 0.25) is 0 Å². The van der Waals surface area contributed by atoms with Crippen molar-refractivity contribution in [2.24, 2.45) is 0 Å². The Morgan fingerprint density at radius 2 is 1.05 bits per heavy atom. The van der Waals surface area contributed by atoms with E-state index >= 15 is 0 Å². The molecule has 0 radical (unpaired) electrons. The van der Waals surface area contributed by atoms with E-state index in [9.17, 15) is 26.4 Å². The molecule has 4 aromatic carbocycles. The van der Waals surface area contributed by atoms with Crippen molar-refractivity contribution in [3.8, 4) is 5.75 Å². The number of sulfonamides is 2. The monoisotopic (exact) mass is 819 g/mol. The minimum absolute atomic E-state index is 0.0292. The van der Waals surface area contributed by atoms with Crippen molar-refractivity contribution in [2.75, 3.05) is 121 Å². The molecule has 0 spiro atoms. The van der Waals surface area contributed by atoms with E-state index in [0.717, 1.165) is 23.0 Å². The minimum Gasteiger partial charge on any atom is -0.487 e. The van der Waals surface area contributed by atoms with Crippen LogP contribution < -0.4 is 9.64 Å². The average Bonchev–Trinajstić information content (AvgIpc) is 3.11. The quantitative estimate of drug-likeness (QED) is 0.0827. The Morgan fingerprint density at radius 1 is 0.625 bits per heavy atom. The highest BCUT2D eigenvalue weighted by atomic mass is 32.2. The second-order valence-electron chi connectivity index (χ2n) is 15.8. The van der Waals surface area contributed by atoms with Crippen molar-refractivity contribution in [1.82, 2.24) is 18.4 Å². The summed E-state index contributed by atoms with van der Waals surface area (Å²) in [6.07, 6.45) is 0.788. The molecule has 2 N–H and O–H groups in total. The Bertz CT molecular complexity index is 2160. The maximum absolute atomic E-state index is 14.6. The Labute approximate surface area is 331 Å². The molecule has 0 aromatic heterocycles. The smallest absolute Gasteiger partial charge is 0.304 e. The number of rotatable bonds is 23. The van der Waals surface area contributed by atoms with Crippen molar-refractivity contribution in [2.45, 2.75) is 35.5 Å². The SMILES string of the molecule is CN(CCCN(C)S(=O)(=O)c1cc(S(=O)(=O)N(C)CCCN(C)CCC(=O)O)c2ccc3c(N(C)C)cc(OCC[N+](C)(C)C)c4ccc1c2c43)CCC(=O)O. The number of carboxylic acids is 2. The molecular formula is C39H59N6O9S2+. The van der Waals surface area contributed by atoms with E-state index in [1.165, 1.54) is 28.8 Å². The summed E-state index contributed by atoms with van der Waals surface area (Å²) in [5.41, 5.74) is 0.832. The molecule has 0 aliphatic rings. The standard InChI is InChI=1S/C39H58N6O9S2/c1-40(2)32-26-33(54-25-24-45(7,8)9)29-13-15-31-35(56(52,53)44(6)21-11-19-42(4)23-17-37(48)49)27-34(30-14-12-28(32)38(29)39(30)31)55(50,51)43(5)20-10-18-41(3)22-16-36(46)47/h12-15,26-27H,10-11,16-25H2,1-9H3,(H-,46,47,48,49)/p+1. The topological polar surface area (TPSA) is 168 Å². The zero-order chi connectivity index (χ0) is 41.7. The van der Waals surface area contributed by atoms with Crippen molar-refractivity contribution in [3.63, 3.8) is 0 Å². The van der Waals surface area contributed by atoms with Gasteiger partial charge in [-0.1, -0.05) is 18.2 Å². The number of quaternary nitrogens is 1. The lowest BCUT2D eigenvalue weighted by Crippen LogP contribution is -2.38. The number of carboxylic acid groups (broad SMARTS) is 2. The van der Waals surface area contributed by atoms with E-state index in [0.29, 0.717) is 77.4 Å². The first-order valence-corrected chi connectivity index (χ1v) is 21.6. The molecule has 56 heavy (non-hydrogen) atoms. The van der Waals surface area contributed by atoms with Crippen LogP contribution in [0.4, 0.5) is 5.69 Å². The molecule has 310 valence electrons. The number of anilines is 1. The molecule has 0 fully saturated rings. The second kappa shape index (κ2) is 18.2. The van der Waals surface area contributed by atoms with Crippen molar-refractivity contribution >= 4 is 70.0 Å². The Morgan fingerprint density at radius 3 is 1.48 bits per heavy atom. The summed E-state index contributed by atoms with van der Waals surface area (Å²) < 4.78 is 67.9. The van der Waals surface area contributed by atoms with E-state index in [1.807, 2.05) is 47.0 Å². The number of hydrogen-bond donors (Lipinski definition) is 2. The van der Waals surface area contributed by atoms with Crippen LogP contribution in [0.5, 0.6) is 5.75 Å². The van der Waals surface area contributed by atoms with Gasteiger partial charge in [-0.15, -0.1) is 0 Å². The summed E-state index contributed by atoms with van der Waals surface area (Å²) in [7, 11) is 8.02. The molecule has 0 bridgehead atoms. The van der Waals surface area contributed by atoms with E-state index in [-0.39, 0.29) is 35.7 Å². The summed E-state index contributed by atoms with van der Waals surface area (Å²) in [4.78, 5) is 27.4. The largest absolute Gasteiger partial charge is 0.487 e. The fourth-order valence-electron chi connectivity index (χ4n) is 6.72. The lowest BCUT2D eigenvalue weighted by molar-refractivity contribution is -0.870. The van der Waals surface area contributed by atoms with Gasteiger partial charge in [-0.25, -0.2) is 25.4 Å². The van der Waals surface area contributed by atoms with E-state index in [2.05, 4.69) is 21.1 Å². The average molecular weight is 820 g/mol. The van der Waals surface area contributed by atoms with Crippen LogP contribution in [0.25, 0.3) is 32.3 Å². The molecule has 0 unspecified atom stereocenters. The van der Waals surface area contributed by atoms with Gasteiger partial charge in [0.15, 0.2) is 0 Å². The van der Waals surface area contributed by atoms with Crippen LogP contribution in [0.1, 0.15) is 25.7 Å². The number of aliphatic carboxylic acids is 2. The summed E-state index contributed by atoms with van der Waals surface area (Å²) in [5, 5.41) is 21.6. The third-order valence-electron chi connectivity index (χ3n) is 10.1. The number of ether oxygens (including phenoxy) is 1. The predicted molar refractivity (Wildman–Crippen MR) is 221 cm³/mol. The van der Waals surface area contributed by atoms with Crippen molar-refractivity contribution < 1.29 is 45.9 Å². The zero-order valence-corrected chi connectivity index (χ0v) is 35.8. The van der Waals surface area contributed by atoms with Crippen LogP contribution in [0.15, 0.2) is 46.2 Å². The number of likely N-dealkylation sites (N-methyl/N-ethyl adjacent to an activating group) is 1. The van der Waals surface area contributed by atoms with E-state index < -0.39 is 32.0 Å². The Hall–Kier alpha value is -3.84. The fourth-order valence-corrected chi connectivity index (χ4v) is 9.64. The highest BCUT2D eigenvalue weighted by molar-refractivity contribution is 7.90. The molecular weight excluding hydrogens is 761 g/mol. The third kappa shape index (κ3) is 10.6. The molecule has 4 rings (SSSR count). The third-order valence-corrected chi connectivity index (χ3v) is 13.9. The van der Waals surface area contributed by atoms with Gasteiger partial charge in [-0.3, -0.25) is 9.59 Å². The molecule has 17 heteroatoms. The molecule has 0 heterocycles. The maximum Gasteiger partial charge on any atom is 0.304 e. The summed E-state index contributed by atoms with van der Waals surface area (Å²) in [5.74, 6) is -1.22. The molecule has 0 aliphatic heterocycles. The maximum atomic E-state index is 14.6. The lowest BCUT2D eigenvalue weighted by Gasteiger charge is -2.26. The van der Waals surface area contributed by atoms with E-state index in [1.54, 1.807) is 26.2 Å². The molecule has 15 nitrogen and oxygen atoms in total. The van der Waals surface area contributed by atoms with Gasteiger partial charge in [-0.05, 0) is 52.2 Å². The number of carbonyl (C=O) groups is 2. The number of hydrogen-bond acceptors (Lipinski definition) is 10. The van der Waals surface area contributed by atoms with Gasteiger partial charge in [0.25, 0.3) is 0 Å². The first kappa shape index (κ1) is 44.9. The highest BCUT2D eigenvalue weighted by Crippen LogP contribution is 2.46. The van der Waals surface area contributed by atoms with Crippen LogP contribution >= 0.6 is 0 Å². The molecule has 0 amide bonds. The van der Waals surface area contributed by atoms with E-state index in [4.69, 9.17) is 14.9 Å². The normalized spacial score (nSPS) is 13.0. The molecule has 0 saturated heterocycles. The second-order valence-corrected chi connectivity index (χ2v) is 19.9. The molecule has 0 saturated carbocycles. The Kier molecular flexibility index (Phi) is 14.6. The molecule has 0 atom stereocenters. The fraction of sp³-hybridized carbons (Fsp3) is 0.538. The molecule has 0 aliphatic carbocycles. The summed E-state index contributed by atoms with van der Waals surface area (Å²) in [6.45, 7) is 2.97. The first-order chi connectivity index (χ1) is 26.1. The van der Waals surface area contributed by atoms with Gasteiger partial charge in [0, 0.05) is 98.4 Å².